The van der Waals surface area contributed by atoms with Gasteiger partial charge in [-0.3, -0.25) is 4.90 Å². The number of rotatable bonds is 8. The number of anilines is 1. The number of alkyl halides is 1. The van der Waals surface area contributed by atoms with Crippen LogP contribution in [0.1, 0.15) is 64.9 Å². The third kappa shape index (κ3) is 6.76. The van der Waals surface area contributed by atoms with Gasteiger partial charge in [-0.2, -0.15) is 9.97 Å². The average Bonchev–Trinajstić information content (AvgIpc) is 3.45. The quantitative estimate of drug-likeness (QED) is 0.185. The van der Waals surface area contributed by atoms with Crippen molar-refractivity contribution in [3.05, 3.63) is 41.5 Å². The van der Waals surface area contributed by atoms with Crippen LogP contribution < -0.4 is 14.4 Å². The van der Waals surface area contributed by atoms with Gasteiger partial charge in [0.15, 0.2) is 5.82 Å². The Hall–Kier alpha value is -4.42. The molecule has 11 nitrogen and oxygen atoms in total. The summed E-state index contributed by atoms with van der Waals surface area (Å²) in [5.74, 6) is 0.762. The normalized spacial score (nSPS) is 28.5. The number of ether oxygens (including phenoxy) is 3. The van der Waals surface area contributed by atoms with Crippen LogP contribution in [0.5, 0.6) is 17.6 Å². The maximum Gasteiger partial charge on any atom is 0.319 e. The molecule has 2 aromatic heterocycles. The molecule has 4 fully saturated rings. The lowest BCUT2D eigenvalue weighted by atomic mass is 9.67. The number of aliphatic hydroxyl groups is 2. The molecular weight excluding hydrogens is 727 g/mol. The van der Waals surface area contributed by atoms with E-state index in [1.807, 2.05) is 13.8 Å². The highest BCUT2D eigenvalue weighted by Crippen LogP contribution is 2.52. The molecule has 298 valence electrons. The number of benzene rings is 2. The van der Waals surface area contributed by atoms with E-state index in [9.17, 15) is 15.3 Å². The van der Waals surface area contributed by atoms with E-state index in [1.54, 1.807) is 11.8 Å². The molecule has 4 aliphatic rings. The van der Waals surface area contributed by atoms with E-state index in [0.717, 1.165) is 32.1 Å². The second-order valence-electron chi connectivity index (χ2n) is 17.0. The minimum atomic E-state index is -1.30. The Morgan fingerprint density at radius 1 is 1.14 bits per heavy atom. The molecule has 56 heavy (non-hydrogen) atoms. The highest BCUT2D eigenvalue weighted by Gasteiger charge is 2.55. The van der Waals surface area contributed by atoms with Crippen molar-refractivity contribution in [2.45, 2.75) is 88.8 Å². The molecule has 2 saturated heterocycles. The van der Waals surface area contributed by atoms with Crippen molar-refractivity contribution in [2.75, 3.05) is 51.5 Å². The number of terminal acetylenes is 1. The van der Waals surface area contributed by atoms with Crippen LogP contribution in [0.15, 0.2) is 24.3 Å². The van der Waals surface area contributed by atoms with Crippen LogP contribution in [0.4, 0.5) is 19.0 Å². The molecule has 3 N–H and O–H groups in total. The molecule has 2 aliphatic heterocycles. The van der Waals surface area contributed by atoms with Crippen LogP contribution in [0.3, 0.4) is 0 Å². The largest absolute Gasteiger partial charge is 0.508 e. The maximum atomic E-state index is 17.3. The fourth-order valence-corrected chi connectivity index (χ4v) is 9.67. The number of halogens is 3. The zero-order valence-corrected chi connectivity index (χ0v) is 32.1. The Kier molecular flexibility index (Phi) is 9.75. The van der Waals surface area contributed by atoms with Gasteiger partial charge in [0, 0.05) is 41.5 Å². The summed E-state index contributed by atoms with van der Waals surface area (Å²) in [6, 6.07) is 5.33. The molecule has 4 atom stereocenters. The van der Waals surface area contributed by atoms with Gasteiger partial charge in [0.25, 0.3) is 0 Å². The summed E-state index contributed by atoms with van der Waals surface area (Å²) in [5, 5.41) is 33.1. The highest BCUT2D eigenvalue weighted by molar-refractivity contribution is 6.04. The number of aromatic nitrogens is 3. The van der Waals surface area contributed by atoms with E-state index in [4.69, 9.17) is 25.6 Å². The molecule has 14 heteroatoms. The standard InChI is InChI=1S/C42H48F3N5O6/c1-6-28-30(44)10-9-23-14-27(51)17-29(32(23)28)35-34(45)36-33(38(46-35)54-5)37(49-12-13-55-21-41(4,53)20-49)48-39(47-36)56-22-42-11-7-8-31(42)50(19-25(43)18-42)26-15-24(16-26)40(2,3)52/h1,9-10,14,17,24-26,31,51-53H,7-8,11-13,15-16,18-22H2,2-5H3/t24?,25-,26?,31+,41-,42+/m0/s1. The first-order valence-corrected chi connectivity index (χ1v) is 19.3. The predicted molar refractivity (Wildman–Crippen MR) is 205 cm³/mol. The summed E-state index contributed by atoms with van der Waals surface area (Å²) < 4.78 is 66.1. The predicted octanol–water partition coefficient (Wildman–Crippen LogP) is 5.92. The number of methoxy groups -OCH3 is 1. The van der Waals surface area contributed by atoms with Crippen molar-refractivity contribution in [1.29, 1.82) is 0 Å². The minimum absolute atomic E-state index is 0.0191. The Morgan fingerprint density at radius 3 is 2.66 bits per heavy atom. The third-order valence-electron chi connectivity index (χ3n) is 12.5. The van der Waals surface area contributed by atoms with Crippen LogP contribution in [0, 0.1) is 35.3 Å². The van der Waals surface area contributed by atoms with E-state index in [1.165, 1.54) is 31.4 Å². The molecule has 4 heterocycles. The number of pyridine rings is 1. The van der Waals surface area contributed by atoms with E-state index in [-0.39, 0.29) is 107 Å². The van der Waals surface area contributed by atoms with Crippen molar-refractivity contribution in [3.8, 4) is 41.2 Å². The Morgan fingerprint density at radius 2 is 1.93 bits per heavy atom. The number of aromatic hydroxyl groups is 1. The topological polar surface area (TPSA) is 134 Å². The molecule has 2 saturated carbocycles. The highest BCUT2D eigenvalue weighted by atomic mass is 19.1. The zero-order chi connectivity index (χ0) is 39.7. The van der Waals surface area contributed by atoms with Crippen LogP contribution >= 0.6 is 0 Å². The van der Waals surface area contributed by atoms with Crippen molar-refractivity contribution in [3.63, 3.8) is 0 Å². The van der Waals surface area contributed by atoms with Gasteiger partial charge in [0.1, 0.15) is 45.8 Å². The Labute approximate surface area is 323 Å². The van der Waals surface area contributed by atoms with E-state index < -0.39 is 34.4 Å². The van der Waals surface area contributed by atoms with Crippen molar-refractivity contribution in [1.82, 2.24) is 19.9 Å². The van der Waals surface area contributed by atoms with E-state index in [2.05, 4.69) is 20.8 Å². The second kappa shape index (κ2) is 14.2. The van der Waals surface area contributed by atoms with Crippen LogP contribution in [0.2, 0.25) is 0 Å². The summed E-state index contributed by atoms with van der Waals surface area (Å²) in [5.41, 5.74) is -3.29. The summed E-state index contributed by atoms with van der Waals surface area (Å²) in [6.45, 7) is 6.32. The number of nitrogens with zero attached hydrogens (tertiary/aromatic N) is 5. The molecule has 0 bridgehead atoms. The summed E-state index contributed by atoms with van der Waals surface area (Å²) in [4.78, 5) is 18.0. The number of phenolic OH excluding ortho intramolecular Hbond substituents is 1. The molecule has 2 aliphatic carbocycles. The minimum Gasteiger partial charge on any atom is -0.508 e. The van der Waals surface area contributed by atoms with Crippen molar-refractivity contribution < 1.29 is 42.7 Å². The summed E-state index contributed by atoms with van der Waals surface area (Å²) in [6.07, 6.45) is 9.07. The number of hydrogen-bond donors (Lipinski definition) is 3. The van der Waals surface area contributed by atoms with E-state index >= 15 is 13.2 Å². The lowest BCUT2D eigenvalue weighted by molar-refractivity contribution is -0.111. The molecule has 8 rings (SSSR count). The summed E-state index contributed by atoms with van der Waals surface area (Å²) in [7, 11) is 1.36. The molecule has 0 amide bonds. The number of β-amino-alcohol motifs (C(OH)–C–C–N with tert-alkyl or cyclic N) is 1. The van der Waals surface area contributed by atoms with Gasteiger partial charge < -0.3 is 34.4 Å². The van der Waals surface area contributed by atoms with Gasteiger partial charge in [-0.05, 0) is 82.4 Å². The number of hydrogen-bond acceptors (Lipinski definition) is 11. The molecule has 4 aromatic rings. The third-order valence-corrected chi connectivity index (χ3v) is 12.5. The second-order valence-corrected chi connectivity index (χ2v) is 17.0. The number of phenols is 1. The molecule has 0 radical (unpaired) electrons. The number of fused-ring (bicyclic) bond motifs is 3. The molecule has 0 unspecified atom stereocenters. The number of piperidine rings is 1. The van der Waals surface area contributed by atoms with Crippen LogP contribution in [-0.4, -0.2) is 111 Å². The van der Waals surface area contributed by atoms with Gasteiger partial charge in [-0.15, -0.1) is 6.42 Å². The fraction of sp³-hybridized carbons (Fsp3) is 0.548. The first kappa shape index (κ1) is 38.5. The zero-order valence-electron chi connectivity index (χ0n) is 32.1. The smallest absolute Gasteiger partial charge is 0.319 e. The molecular formula is C42H48F3N5O6. The lowest BCUT2D eigenvalue weighted by Crippen LogP contribution is -2.62. The SMILES string of the molecule is C#Cc1c(F)ccc2cc(O)cc(-c3nc(OC)c4c(N5CCOC[C@@](C)(O)C5)nc(OC[C@]56CCC[C@H]5N(C5CC(C(C)(C)O)C5)C[C@@H](F)C6)nc4c3F)c12. The Balaban J connectivity index is 1.24. The van der Waals surface area contributed by atoms with Gasteiger partial charge in [0.05, 0.1) is 44.6 Å². The van der Waals surface area contributed by atoms with Crippen molar-refractivity contribution in [2.24, 2.45) is 11.3 Å². The van der Waals surface area contributed by atoms with Gasteiger partial charge >= 0.3 is 6.01 Å². The fourth-order valence-electron chi connectivity index (χ4n) is 9.67. The Bertz CT molecular complexity index is 2220. The lowest BCUT2D eigenvalue weighted by Gasteiger charge is -2.55. The first-order chi connectivity index (χ1) is 26.6. The van der Waals surface area contributed by atoms with Gasteiger partial charge in [-0.25, -0.2) is 18.2 Å². The monoisotopic (exact) mass is 775 g/mol. The molecule has 0 spiro atoms. The van der Waals surface area contributed by atoms with E-state index in [0.29, 0.717) is 18.4 Å². The summed E-state index contributed by atoms with van der Waals surface area (Å²) >= 11 is 0. The molecule has 2 aromatic carbocycles. The number of likely N-dealkylation sites (tertiary alicyclic amines) is 1. The van der Waals surface area contributed by atoms with Crippen LogP contribution in [-0.2, 0) is 4.74 Å². The van der Waals surface area contributed by atoms with Crippen molar-refractivity contribution >= 4 is 27.5 Å². The maximum absolute atomic E-state index is 17.3. The average molecular weight is 776 g/mol. The van der Waals surface area contributed by atoms with Gasteiger partial charge in [-0.1, -0.05) is 18.4 Å². The van der Waals surface area contributed by atoms with Gasteiger partial charge in [0.2, 0.25) is 5.88 Å². The van der Waals surface area contributed by atoms with Crippen LogP contribution in [0.25, 0.3) is 32.9 Å². The first-order valence-electron chi connectivity index (χ1n) is 19.3.